The molecule has 0 bridgehead atoms. The lowest BCUT2D eigenvalue weighted by atomic mass is 10.0. The van der Waals surface area contributed by atoms with Gasteiger partial charge in [0.05, 0.1) is 0 Å². The van der Waals surface area contributed by atoms with E-state index in [9.17, 15) is 0 Å². The van der Waals surface area contributed by atoms with Gasteiger partial charge in [0.1, 0.15) is 0 Å². The molecule has 0 unspecified atom stereocenters. The second kappa shape index (κ2) is 11.7. The Kier molecular flexibility index (Phi) is 9.18. The van der Waals surface area contributed by atoms with E-state index in [1.54, 1.807) is 0 Å². The van der Waals surface area contributed by atoms with Crippen LogP contribution in [-0.4, -0.2) is 6.54 Å². The first kappa shape index (κ1) is 19.6. The Morgan fingerprint density at radius 1 is 0.640 bits per heavy atom. The molecule has 1 heteroatoms. The summed E-state index contributed by atoms with van der Waals surface area (Å²) >= 11 is 0. The van der Waals surface area contributed by atoms with Crippen LogP contribution < -0.4 is 4.90 Å². The zero-order valence-electron chi connectivity index (χ0n) is 16.2. The average Bonchev–Trinajstić information content (AvgIpc) is 2.67. The van der Waals surface area contributed by atoms with Gasteiger partial charge in [0.2, 0.25) is 0 Å². The number of unbranched alkanes of at least 4 members (excludes halogenated alkanes) is 6. The van der Waals surface area contributed by atoms with Crippen LogP contribution in [0.2, 0.25) is 0 Å². The number of hydrogen-bond donors (Lipinski definition) is 0. The molecule has 2 aromatic rings. The fourth-order valence-corrected chi connectivity index (χ4v) is 3.42. The number of para-hydroxylation sites is 2. The quantitative estimate of drug-likeness (QED) is 0.362. The lowest BCUT2D eigenvalue weighted by Crippen LogP contribution is -2.20. The van der Waals surface area contributed by atoms with Gasteiger partial charge in [-0.15, -0.1) is 0 Å². The van der Waals surface area contributed by atoms with Crippen molar-refractivity contribution in [1.82, 2.24) is 0 Å². The predicted octanol–water partition coefficient (Wildman–Crippen LogP) is 7.53. The molecule has 0 amide bonds. The summed E-state index contributed by atoms with van der Waals surface area (Å²) in [6, 6.07) is 19.9. The Bertz CT molecular complexity index is 576. The van der Waals surface area contributed by atoms with E-state index in [4.69, 9.17) is 0 Å². The Balaban J connectivity index is 2.15. The molecule has 0 fully saturated rings. The molecule has 0 saturated carbocycles. The van der Waals surface area contributed by atoms with Crippen LogP contribution in [0.4, 0.5) is 11.4 Å². The molecule has 0 N–H and O–H groups in total. The zero-order valence-corrected chi connectivity index (χ0v) is 16.2. The highest BCUT2D eigenvalue weighted by atomic mass is 15.1. The maximum atomic E-state index is 2.53. The monoisotopic (exact) mass is 337 g/mol. The summed E-state index contributed by atoms with van der Waals surface area (Å²) in [5, 5.41) is 0. The van der Waals surface area contributed by atoms with Gasteiger partial charge < -0.3 is 4.90 Å². The van der Waals surface area contributed by atoms with Gasteiger partial charge >= 0.3 is 0 Å². The maximum Gasteiger partial charge on any atom is 0.0443 e. The number of anilines is 2. The van der Waals surface area contributed by atoms with Crippen LogP contribution in [0.5, 0.6) is 0 Å². The van der Waals surface area contributed by atoms with Gasteiger partial charge in [-0.25, -0.2) is 0 Å². The summed E-state index contributed by atoms with van der Waals surface area (Å²) in [7, 11) is 0. The van der Waals surface area contributed by atoms with Crippen LogP contribution in [0.3, 0.4) is 0 Å². The molecular weight excluding hydrogens is 302 g/mol. The minimum Gasteiger partial charge on any atom is -0.341 e. The van der Waals surface area contributed by atoms with E-state index in [0.29, 0.717) is 0 Å². The lowest BCUT2D eigenvalue weighted by Gasteiger charge is -2.27. The minimum atomic E-state index is 1.11. The predicted molar refractivity (Wildman–Crippen MR) is 112 cm³/mol. The molecule has 25 heavy (non-hydrogen) atoms. The van der Waals surface area contributed by atoms with Gasteiger partial charge in [0, 0.05) is 17.9 Å². The third kappa shape index (κ3) is 6.57. The van der Waals surface area contributed by atoms with Crippen molar-refractivity contribution in [2.24, 2.45) is 0 Å². The summed E-state index contributed by atoms with van der Waals surface area (Å²) in [4.78, 5) is 2.53. The standard InChI is InChI=1S/C24H35N/c1-3-5-7-10-16-22-17-13-14-20-24(22)25(21-15-8-6-4-2)23-18-11-9-12-19-23/h9,11-14,17-20H,3-8,10,15-16,21H2,1-2H3. The highest BCUT2D eigenvalue weighted by Gasteiger charge is 2.12. The van der Waals surface area contributed by atoms with Crippen LogP contribution in [0.1, 0.15) is 70.8 Å². The minimum absolute atomic E-state index is 1.11. The molecule has 1 nitrogen and oxygen atoms in total. The first-order valence-corrected chi connectivity index (χ1v) is 10.3. The summed E-state index contributed by atoms with van der Waals surface area (Å²) in [6.45, 7) is 5.66. The first-order chi connectivity index (χ1) is 12.4. The Labute approximate surface area is 155 Å². The summed E-state index contributed by atoms with van der Waals surface area (Å²) in [5.41, 5.74) is 4.22. The second-order valence-electron chi connectivity index (χ2n) is 6.99. The van der Waals surface area contributed by atoms with Crippen molar-refractivity contribution >= 4 is 11.4 Å². The van der Waals surface area contributed by atoms with E-state index in [-0.39, 0.29) is 0 Å². The number of hydrogen-bond acceptors (Lipinski definition) is 1. The number of rotatable bonds is 12. The molecular formula is C24H35N. The van der Waals surface area contributed by atoms with E-state index >= 15 is 0 Å². The van der Waals surface area contributed by atoms with E-state index in [2.05, 4.69) is 73.3 Å². The molecule has 0 aliphatic heterocycles. The summed E-state index contributed by atoms with van der Waals surface area (Å²) < 4.78 is 0. The number of benzene rings is 2. The van der Waals surface area contributed by atoms with Crippen molar-refractivity contribution in [3.05, 3.63) is 60.2 Å². The van der Waals surface area contributed by atoms with Crippen LogP contribution in [-0.2, 0) is 6.42 Å². The first-order valence-electron chi connectivity index (χ1n) is 10.3. The number of aryl methyl sites for hydroxylation is 1. The van der Waals surface area contributed by atoms with Gasteiger partial charge in [-0.05, 0) is 43.0 Å². The van der Waals surface area contributed by atoms with Crippen molar-refractivity contribution in [3.63, 3.8) is 0 Å². The van der Waals surface area contributed by atoms with Crippen molar-refractivity contribution in [1.29, 1.82) is 0 Å². The fourth-order valence-electron chi connectivity index (χ4n) is 3.42. The van der Waals surface area contributed by atoms with Crippen molar-refractivity contribution in [2.75, 3.05) is 11.4 Å². The van der Waals surface area contributed by atoms with E-state index in [0.717, 1.165) is 6.54 Å². The molecule has 0 aromatic heterocycles. The molecule has 0 saturated heterocycles. The smallest absolute Gasteiger partial charge is 0.0443 e. The van der Waals surface area contributed by atoms with Crippen LogP contribution in [0.15, 0.2) is 54.6 Å². The zero-order chi connectivity index (χ0) is 17.7. The molecule has 136 valence electrons. The van der Waals surface area contributed by atoms with Gasteiger partial charge in [-0.2, -0.15) is 0 Å². The van der Waals surface area contributed by atoms with Crippen molar-refractivity contribution in [2.45, 2.75) is 71.6 Å². The molecule has 2 aromatic carbocycles. The molecule has 2 rings (SSSR count). The Morgan fingerprint density at radius 3 is 2.00 bits per heavy atom. The average molecular weight is 338 g/mol. The lowest BCUT2D eigenvalue weighted by molar-refractivity contribution is 0.659. The van der Waals surface area contributed by atoms with Crippen LogP contribution >= 0.6 is 0 Å². The largest absolute Gasteiger partial charge is 0.341 e. The van der Waals surface area contributed by atoms with E-state index in [1.807, 2.05) is 0 Å². The Morgan fingerprint density at radius 2 is 1.28 bits per heavy atom. The highest BCUT2D eigenvalue weighted by molar-refractivity contribution is 5.66. The fraction of sp³-hybridized carbons (Fsp3) is 0.500. The molecule has 0 radical (unpaired) electrons. The number of nitrogens with zero attached hydrogens (tertiary/aromatic N) is 1. The van der Waals surface area contributed by atoms with Gasteiger partial charge in [-0.3, -0.25) is 0 Å². The van der Waals surface area contributed by atoms with Crippen LogP contribution in [0, 0.1) is 0 Å². The highest BCUT2D eigenvalue weighted by Crippen LogP contribution is 2.30. The normalized spacial score (nSPS) is 10.8. The topological polar surface area (TPSA) is 3.24 Å². The molecule has 0 aliphatic carbocycles. The van der Waals surface area contributed by atoms with E-state index < -0.39 is 0 Å². The Hall–Kier alpha value is -1.76. The van der Waals surface area contributed by atoms with Gasteiger partial charge in [-0.1, -0.05) is 88.8 Å². The SMILES string of the molecule is CCCCCCc1ccccc1N(CCCCCC)c1ccccc1. The van der Waals surface area contributed by atoms with Crippen molar-refractivity contribution < 1.29 is 0 Å². The van der Waals surface area contributed by atoms with Gasteiger partial charge in [0.15, 0.2) is 0 Å². The van der Waals surface area contributed by atoms with Crippen LogP contribution in [0.25, 0.3) is 0 Å². The summed E-state index contributed by atoms with van der Waals surface area (Å²) in [6.07, 6.45) is 11.7. The third-order valence-electron chi connectivity index (χ3n) is 4.89. The van der Waals surface area contributed by atoms with Crippen molar-refractivity contribution in [3.8, 4) is 0 Å². The molecule has 0 heterocycles. The van der Waals surface area contributed by atoms with Gasteiger partial charge in [0.25, 0.3) is 0 Å². The van der Waals surface area contributed by atoms with E-state index in [1.165, 1.54) is 74.7 Å². The summed E-state index contributed by atoms with van der Waals surface area (Å²) in [5.74, 6) is 0. The third-order valence-corrected chi connectivity index (χ3v) is 4.89. The molecule has 0 spiro atoms. The molecule has 0 aliphatic rings. The second-order valence-corrected chi connectivity index (χ2v) is 6.99. The molecule has 0 atom stereocenters. The maximum absolute atomic E-state index is 2.53.